The zero-order chi connectivity index (χ0) is 11.8. The van der Waals surface area contributed by atoms with Gasteiger partial charge < -0.3 is 9.64 Å². The molecule has 2 heterocycles. The Kier molecular flexibility index (Phi) is 3.33. The second-order valence-corrected chi connectivity index (χ2v) is 5.95. The summed E-state index contributed by atoms with van der Waals surface area (Å²) >= 11 is 9.56. The van der Waals surface area contributed by atoms with Gasteiger partial charge in [0.25, 0.3) is 0 Å². The lowest BCUT2D eigenvalue weighted by molar-refractivity contribution is 0.0304. The fourth-order valence-electron chi connectivity index (χ4n) is 2.76. The third kappa shape index (κ3) is 2.33. The van der Waals surface area contributed by atoms with Crippen LogP contribution in [0.5, 0.6) is 0 Å². The Labute approximate surface area is 115 Å². The molecule has 2 nitrogen and oxygen atoms in total. The molecular weight excluding hydrogens is 302 g/mol. The zero-order valence-corrected chi connectivity index (χ0v) is 11.9. The van der Waals surface area contributed by atoms with Crippen LogP contribution in [0, 0.1) is 0 Å². The lowest BCUT2D eigenvalue weighted by atomic mass is 10.1. The van der Waals surface area contributed by atoms with Gasteiger partial charge in [-0.05, 0) is 30.5 Å². The Bertz CT molecular complexity index is 414. The van der Waals surface area contributed by atoms with Crippen LogP contribution in [-0.4, -0.2) is 25.3 Å². The molecule has 2 saturated heterocycles. The monoisotopic (exact) mass is 315 g/mol. The summed E-state index contributed by atoms with van der Waals surface area (Å²) in [7, 11) is 0. The third-order valence-corrected chi connectivity index (χ3v) is 4.36. The molecule has 0 aliphatic carbocycles. The van der Waals surface area contributed by atoms with Crippen LogP contribution in [0.4, 0.5) is 5.69 Å². The molecule has 2 aliphatic rings. The van der Waals surface area contributed by atoms with E-state index >= 15 is 0 Å². The molecule has 4 heteroatoms. The van der Waals surface area contributed by atoms with Gasteiger partial charge in [0.1, 0.15) is 0 Å². The minimum absolute atomic E-state index is 0.413. The quantitative estimate of drug-likeness (QED) is 0.774. The van der Waals surface area contributed by atoms with Crippen molar-refractivity contribution in [1.82, 2.24) is 0 Å². The van der Waals surface area contributed by atoms with Gasteiger partial charge in [-0.2, -0.15) is 0 Å². The average molecular weight is 317 g/mol. The normalized spacial score (nSPS) is 27.5. The molecule has 2 fully saturated rings. The fraction of sp³-hybridized carbons (Fsp3) is 0.538. The molecule has 2 aliphatic heterocycles. The van der Waals surface area contributed by atoms with E-state index in [2.05, 4.69) is 39.0 Å². The van der Waals surface area contributed by atoms with Crippen molar-refractivity contribution in [1.29, 1.82) is 0 Å². The van der Waals surface area contributed by atoms with Crippen LogP contribution in [-0.2, 0) is 10.6 Å². The average Bonchev–Trinajstić information content (AvgIpc) is 2.68. The first-order chi connectivity index (χ1) is 8.26. The first kappa shape index (κ1) is 11.8. The molecular formula is C13H15BrClNO. The van der Waals surface area contributed by atoms with E-state index in [4.69, 9.17) is 16.3 Å². The number of benzene rings is 1. The number of alkyl halides is 1. The van der Waals surface area contributed by atoms with E-state index in [0.717, 1.165) is 17.6 Å². The number of rotatable bonds is 2. The van der Waals surface area contributed by atoms with Crippen LogP contribution in [0.2, 0.25) is 0 Å². The van der Waals surface area contributed by atoms with E-state index in [1.165, 1.54) is 24.1 Å². The van der Waals surface area contributed by atoms with E-state index in [0.29, 0.717) is 18.1 Å². The Hall–Kier alpha value is -0.250. The molecule has 2 unspecified atom stereocenters. The predicted octanol–water partition coefficient (Wildman–Crippen LogP) is 3.56. The molecule has 1 aromatic rings. The van der Waals surface area contributed by atoms with Crippen LogP contribution in [0.15, 0.2) is 22.7 Å². The Balaban J connectivity index is 1.90. The van der Waals surface area contributed by atoms with E-state index in [9.17, 15) is 0 Å². The SMILES string of the molecule is ClCc1ccc(Br)cc1N1CC2CCC(C1)O2. The van der Waals surface area contributed by atoms with Crippen LogP contribution in [0.3, 0.4) is 0 Å². The Morgan fingerprint density at radius 2 is 2.00 bits per heavy atom. The summed E-state index contributed by atoms with van der Waals surface area (Å²) < 4.78 is 6.98. The highest BCUT2D eigenvalue weighted by atomic mass is 79.9. The van der Waals surface area contributed by atoms with Crippen molar-refractivity contribution in [2.45, 2.75) is 30.9 Å². The van der Waals surface area contributed by atoms with Gasteiger partial charge in [-0.1, -0.05) is 22.0 Å². The number of anilines is 1. The summed E-state index contributed by atoms with van der Waals surface area (Å²) in [5, 5.41) is 0. The van der Waals surface area contributed by atoms with Gasteiger partial charge in [-0.3, -0.25) is 0 Å². The Morgan fingerprint density at radius 1 is 1.29 bits per heavy atom. The zero-order valence-electron chi connectivity index (χ0n) is 9.53. The standard InChI is InChI=1S/C13H15BrClNO/c14-10-2-1-9(6-15)13(5-10)16-7-11-3-4-12(8-16)17-11/h1-2,5,11-12H,3-4,6-8H2. The van der Waals surface area contributed by atoms with E-state index < -0.39 is 0 Å². The van der Waals surface area contributed by atoms with Gasteiger partial charge in [0, 0.05) is 29.1 Å². The minimum atomic E-state index is 0.413. The highest BCUT2D eigenvalue weighted by molar-refractivity contribution is 9.10. The number of hydrogen-bond acceptors (Lipinski definition) is 2. The van der Waals surface area contributed by atoms with Gasteiger partial charge in [-0.15, -0.1) is 11.6 Å². The maximum Gasteiger partial charge on any atom is 0.0755 e. The molecule has 0 radical (unpaired) electrons. The first-order valence-electron chi connectivity index (χ1n) is 6.01. The number of fused-ring (bicyclic) bond motifs is 2. The van der Waals surface area contributed by atoms with Crippen molar-refractivity contribution in [3.05, 3.63) is 28.2 Å². The van der Waals surface area contributed by atoms with Crippen molar-refractivity contribution in [2.75, 3.05) is 18.0 Å². The second kappa shape index (κ2) is 4.79. The summed E-state index contributed by atoms with van der Waals surface area (Å²) in [6.45, 7) is 1.99. The molecule has 2 bridgehead atoms. The molecule has 1 aromatic carbocycles. The summed E-state index contributed by atoms with van der Waals surface area (Å²) in [4.78, 5) is 2.42. The lowest BCUT2D eigenvalue weighted by Crippen LogP contribution is -2.43. The number of morpholine rings is 1. The largest absolute Gasteiger partial charge is 0.371 e. The van der Waals surface area contributed by atoms with Crippen molar-refractivity contribution < 1.29 is 4.74 Å². The number of hydrogen-bond donors (Lipinski definition) is 0. The number of nitrogens with zero attached hydrogens (tertiary/aromatic N) is 1. The third-order valence-electron chi connectivity index (χ3n) is 3.58. The molecule has 0 spiro atoms. The van der Waals surface area contributed by atoms with Crippen LogP contribution < -0.4 is 4.90 Å². The summed E-state index contributed by atoms with van der Waals surface area (Å²) in [6, 6.07) is 6.32. The molecule has 0 saturated carbocycles. The number of halogens is 2. The van der Waals surface area contributed by atoms with Crippen molar-refractivity contribution in [3.63, 3.8) is 0 Å². The molecule has 17 heavy (non-hydrogen) atoms. The van der Waals surface area contributed by atoms with Crippen molar-refractivity contribution in [3.8, 4) is 0 Å². The van der Waals surface area contributed by atoms with Crippen LogP contribution in [0.25, 0.3) is 0 Å². The van der Waals surface area contributed by atoms with Crippen molar-refractivity contribution >= 4 is 33.2 Å². The topological polar surface area (TPSA) is 12.5 Å². The maximum atomic E-state index is 6.02. The summed E-state index contributed by atoms with van der Waals surface area (Å²) in [5.41, 5.74) is 2.46. The fourth-order valence-corrected chi connectivity index (χ4v) is 3.33. The van der Waals surface area contributed by atoms with Gasteiger partial charge in [0.2, 0.25) is 0 Å². The van der Waals surface area contributed by atoms with Crippen molar-refractivity contribution in [2.24, 2.45) is 0 Å². The van der Waals surface area contributed by atoms with E-state index in [-0.39, 0.29) is 0 Å². The van der Waals surface area contributed by atoms with E-state index in [1.807, 2.05) is 0 Å². The van der Waals surface area contributed by atoms with E-state index in [1.54, 1.807) is 0 Å². The summed E-state index contributed by atoms with van der Waals surface area (Å²) in [6.07, 6.45) is 3.23. The van der Waals surface area contributed by atoms with Gasteiger partial charge in [-0.25, -0.2) is 0 Å². The van der Waals surface area contributed by atoms with Gasteiger partial charge in [0.15, 0.2) is 0 Å². The maximum absolute atomic E-state index is 6.02. The first-order valence-corrected chi connectivity index (χ1v) is 7.34. The number of ether oxygens (including phenoxy) is 1. The van der Waals surface area contributed by atoms with Gasteiger partial charge >= 0.3 is 0 Å². The lowest BCUT2D eigenvalue weighted by Gasteiger charge is -2.35. The molecule has 3 rings (SSSR count). The van der Waals surface area contributed by atoms with Gasteiger partial charge in [0.05, 0.1) is 12.2 Å². The minimum Gasteiger partial charge on any atom is -0.371 e. The highest BCUT2D eigenvalue weighted by Crippen LogP contribution is 2.33. The smallest absolute Gasteiger partial charge is 0.0755 e. The molecule has 0 N–H and O–H groups in total. The van der Waals surface area contributed by atoms with Crippen LogP contribution >= 0.6 is 27.5 Å². The molecule has 2 atom stereocenters. The molecule has 92 valence electrons. The molecule has 0 aromatic heterocycles. The highest BCUT2D eigenvalue weighted by Gasteiger charge is 2.34. The Morgan fingerprint density at radius 3 is 2.65 bits per heavy atom. The predicted molar refractivity (Wildman–Crippen MR) is 73.8 cm³/mol. The summed E-state index contributed by atoms with van der Waals surface area (Å²) in [5.74, 6) is 0.565. The van der Waals surface area contributed by atoms with Crippen LogP contribution in [0.1, 0.15) is 18.4 Å². The second-order valence-electron chi connectivity index (χ2n) is 4.77. The molecule has 0 amide bonds.